The molecule has 0 saturated heterocycles. The van der Waals surface area contributed by atoms with E-state index in [2.05, 4.69) is 16.5 Å². The smallest absolute Gasteiger partial charge is 0.0549 e. The molecule has 1 nitrogen and oxygen atoms in total. The molecule has 0 aliphatic heterocycles. The van der Waals surface area contributed by atoms with E-state index in [-0.39, 0.29) is 0 Å². The Morgan fingerprint density at radius 2 is 1.91 bits per heavy atom. The molecule has 0 aliphatic rings. The van der Waals surface area contributed by atoms with E-state index in [9.17, 15) is 0 Å². The molecule has 2 rings (SSSR count). The van der Waals surface area contributed by atoms with Gasteiger partial charge in [0.25, 0.3) is 0 Å². The summed E-state index contributed by atoms with van der Waals surface area (Å²) >= 11 is 1.54. The monoisotopic (exact) mass is 165 g/mol. The Kier molecular flexibility index (Phi) is 3.05. The van der Waals surface area contributed by atoms with Crippen molar-refractivity contribution in [3.05, 3.63) is 30.5 Å². The van der Waals surface area contributed by atoms with Crippen LogP contribution in [0.1, 0.15) is 13.8 Å². The van der Waals surface area contributed by atoms with Crippen molar-refractivity contribution in [3.8, 4) is 0 Å². The molecular formula is C9H11NS. The molecule has 0 unspecified atom stereocenters. The van der Waals surface area contributed by atoms with Gasteiger partial charge in [0.2, 0.25) is 0 Å². The van der Waals surface area contributed by atoms with Crippen molar-refractivity contribution in [2.24, 2.45) is 0 Å². The number of benzene rings is 1. The molecule has 0 fully saturated rings. The number of fused-ring (bicyclic) bond motifs is 1. The topological polar surface area (TPSA) is 12.9 Å². The second-order valence-corrected chi connectivity index (χ2v) is 2.70. The fourth-order valence-electron chi connectivity index (χ4n) is 0.810. The third-order valence-electron chi connectivity index (χ3n) is 1.26. The molecule has 2 heteroatoms. The first-order valence-electron chi connectivity index (χ1n) is 3.76. The van der Waals surface area contributed by atoms with Gasteiger partial charge in [0.1, 0.15) is 0 Å². The van der Waals surface area contributed by atoms with Gasteiger partial charge in [-0.25, -0.2) is 0 Å². The second-order valence-electron chi connectivity index (χ2n) is 1.86. The van der Waals surface area contributed by atoms with Crippen molar-refractivity contribution in [2.75, 3.05) is 0 Å². The van der Waals surface area contributed by atoms with E-state index in [1.54, 1.807) is 0 Å². The lowest BCUT2D eigenvalue weighted by Gasteiger charge is -1.80. The predicted octanol–water partition coefficient (Wildman–Crippen LogP) is 3.32. The first-order valence-corrected chi connectivity index (χ1v) is 4.53. The van der Waals surface area contributed by atoms with Crippen LogP contribution in [0.5, 0.6) is 0 Å². The molecule has 0 amide bonds. The Balaban J connectivity index is 0.000000281. The minimum absolute atomic E-state index is 1.24. The SMILES string of the molecule is CC.c1ccc2sncc2c1. The molecule has 0 radical (unpaired) electrons. The third-order valence-corrected chi connectivity index (χ3v) is 2.04. The average Bonchev–Trinajstić information content (AvgIpc) is 2.55. The highest BCUT2D eigenvalue weighted by atomic mass is 32.1. The highest BCUT2D eigenvalue weighted by Crippen LogP contribution is 2.15. The zero-order valence-corrected chi connectivity index (χ0v) is 7.56. The van der Waals surface area contributed by atoms with Crippen LogP contribution in [0.15, 0.2) is 30.5 Å². The van der Waals surface area contributed by atoms with Crippen LogP contribution in [0.25, 0.3) is 10.1 Å². The van der Waals surface area contributed by atoms with Crippen LogP contribution in [0.3, 0.4) is 0 Å². The van der Waals surface area contributed by atoms with Crippen LogP contribution in [-0.2, 0) is 0 Å². The van der Waals surface area contributed by atoms with Gasteiger partial charge in [0.15, 0.2) is 0 Å². The van der Waals surface area contributed by atoms with Crippen LogP contribution in [-0.4, -0.2) is 4.37 Å². The predicted molar refractivity (Wildman–Crippen MR) is 51.0 cm³/mol. The van der Waals surface area contributed by atoms with Crippen LogP contribution >= 0.6 is 11.5 Å². The maximum atomic E-state index is 4.04. The number of aromatic nitrogens is 1. The Morgan fingerprint density at radius 3 is 2.64 bits per heavy atom. The molecule has 1 aromatic carbocycles. The molecule has 0 spiro atoms. The van der Waals surface area contributed by atoms with Gasteiger partial charge in [-0.1, -0.05) is 32.0 Å². The molecule has 0 saturated carbocycles. The largest absolute Gasteiger partial charge is 0.200 e. The Morgan fingerprint density at radius 1 is 1.18 bits per heavy atom. The van der Waals surface area contributed by atoms with Crippen molar-refractivity contribution in [2.45, 2.75) is 13.8 Å². The summed E-state index contributed by atoms with van der Waals surface area (Å²) in [5.41, 5.74) is 0. The van der Waals surface area contributed by atoms with Gasteiger partial charge in [0, 0.05) is 11.6 Å². The van der Waals surface area contributed by atoms with Gasteiger partial charge in [-0.2, -0.15) is 4.37 Å². The van der Waals surface area contributed by atoms with E-state index < -0.39 is 0 Å². The normalized spacial score (nSPS) is 8.91. The standard InChI is InChI=1S/C7H5NS.C2H6/c1-2-4-7-6(3-1)5-8-9-7;1-2/h1-5H;1-2H3. The zero-order valence-electron chi connectivity index (χ0n) is 6.74. The quantitative estimate of drug-likeness (QED) is 0.583. The van der Waals surface area contributed by atoms with Crippen LogP contribution < -0.4 is 0 Å². The summed E-state index contributed by atoms with van der Waals surface area (Å²) in [5.74, 6) is 0. The number of hydrogen-bond donors (Lipinski definition) is 0. The lowest BCUT2D eigenvalue weighted by Crippen LogP contribution is -1.56. The van der Waals surface area contributed by atoms with E-state index in [0.717, 1.165) is 0 Å². The average molecular weight is 165 g/mol. The maximum absolute atomic E-state index is 4.04. The lowest BCUT2D eigenvalue weighted by atomic mass is 10.3. The van der Waals surface area contributed by atoms with Gasteiger partial charge in [-0.15, -0.1) is 0 Å². The molecule has 0 N–H and O–H groups in total. The molecule has 58 valence electrons. The minimum Gasteiger partial charge on any atom is -0.200 e. The van der Waals surface area contributed by atoms with E-state index >= 15 is 0 Å². The molecular weight excluding hydrogens is 154 g/mol. The van der Waals surface area contributed by atoms with Crippen molar-refractivity contribution in [3.63, 3.8) is 0 Å². The third kappa shape index (κ3) is 1.77. The molecule has 1 heterocycles. The van der Waals surface area contributed by atoms with E-state index in [4.69, 9.17) is 0 Å². The number of hydrogen-bond acceptors (Lipinski definition) is 2. The minimum atomic E-state index is 1.24. The summed E-state index contributed by atoms with van der Waals surface area (Å²) in [6, 6.07) is 8.20. The van der Waals surface area contributed by atoms with E-state index in [0.29, 0.717) is 0 Å². The van der Waals surface area contributed by atoms with Gasteiger partial charge < -0.3 is 0 Å². The lowest BCUT2D eigenvalue weighted by molar-refractivity contribution is 1.50. The first kappa shape index (κ1) is 8.21. The highest BCUT2D eigenvalue weighted by Gasteiger charge is 1.89. The first-order chi connectivity index (χ1) is 5.47. The summed E-state index contributed by atoms with van der Waals surface area (Å²) < 4.78 is 5.30. The molecule has 2 aromatic rings. The fraction of sp³-hybridized carbons (Fsp3) is 0.222. The van der Waals surface area contributed by atoms with Gasteiger partial charge in [-0.3, -0.25) is 0 Å². The van der Waals surface area contributed by atoms with Gasteiger partial charge in [0.05, 0.1) is 4.70 Å². The zero-order chi connectivity index (χ0) is 8.10. The molecule has 11 heavy (non-hydrogen) atoms. The number of nitrogens with zero attached hydrogens (tertiary/aromatic N) is 1. The number of rotatable bonds is 0. The summed E-state index contributed by atoms with van der Waals surface area (Å²) in [6.07, 6.45) is 1.89. The van der Waals surface area contributed by atoms with Crippen molar-refractivity contribution in [1.29, 1.82) is 0 Å². The van der Waals surface area contributed by atoms with Crippen LogP contribution in [0.4, 0.5) is 0 Å². The maximum Gasteiger partial charge on any atom is 0.0549 e. The van der Waals surface area contributed by atoms with E-state index in [1.807, 2.05) is 32.2 Å². The molecule has 0 bridgehead atoms. The Labute approximate surface area is 70.8 Å². The Bertz CT molecular complexity index is 284. The van der Waals surface area contributed by atoms with Crippen molar-refractivity contribution >= 4 is 21.6 Å². The van der Waals surface area contributed by atoms with Crippen molar-refractivity contribution in [1.82, 2.24) is 4.37 Å². The highest BCUT2D eigenvalue weighted by molar-refractivity contribution is 7.13. The molecule has 1 aromatic heterocycles. The Hall–Kier alpha value is -0.890. The van der Waals surface area contributed by atoms with E-state index in [1.165, 1.54) is 21.6 Å². The molecule has 0 aliphatic carbocycles. The summed E-state index contributed by atoms with van der Waals surface area (Å²) in [7, 11) is 0. The summed E-state index contributed by atoms with van der Waals surface area (Å²) in [6.45, 7) is 4.00. The van der Waals surface area contributed by atoms with Crippen molar-refractivity contribution < 1.29 is 0 Å². The van der Waals surface area contributed by atoms with Gasteiger partial charge >= 0.3 is 0 Å². The van der Waals surface area contributed by atoms with Gasteiger partial charge in [-0.05, 0) is 17.6 Å². The van der Waals surface area contributed by atoms with Crippen LogP contribution in [0.2, 0.25) is 0 Å². The fourth-order valence-corrected chi connectivity index (χ4v) is 1.46. The summed E-state index contributed by atoms with van der Waals surface area (Å²) in [4.78, 5) is 0. The van der Waals surface area contributed by atoms with Crippen LogP contribution in [0, 0.1) is 0 Å². The molecule has 0 atom stereocenters. The summed E-state index contributed by atoms with van der Waals surface area (Å²) in [5, 5.41) is 1.24. The second kappa shape index (κ2) is 4.09.